The number of piperazine rings is 1. The molecule has 0 bridgehead atoms. The Kier molecular flexibility index (Phi) is 4.78. The molecule has 0 amide bonds. The summed E-state index contributed by atoms with van der Waals surface area (Å²) in [6, 6.07) is 2.04. The zero-order valence-corrected chi connectivity index (χ0v) is 15.0. The van der Waals surface area contributed by atoms with Crippen molar-refractivity contribution in [1.29, 1.82) is 0 Å². The van der Waals surface area contributed by atoms with Crippen molar-refractivity contribution in [2.75, 3.05) is 57.8 Å². The summed E-state index contributed by atoms with van der Waals surface area (Å²) in [6.07, 6.45) is 5.66. The highest BCUT2D eigenvalue weighted by atomic mass is 16.5. The van der Waals surface area contributed by atoms with Crippen molar-refractivity contribution in [3.8, 4) is 0 Å². The maximum Gasteiger partial charge on any atom is 0.180 e. The number of nitrogens with zero attached hydrogens (tertiary/aromatic N) is 6. The number of anilines is 1. The van der Waals surface area contributed by atoms with Gasteiger partial charge in [0.2, 0.25) is 0 Å². The van der Waals surface area contributed by atoms with Crippen molar-refractivity contribution in [3.63, 3.8) is 0 Å². The van der Waals surface area contributed by atoms with Gasteiger partial charge >= 0.3 is 0 Å². The van der Waals surface area contributed by atoms with Gasteiger partial charge in [-0.25, -0.2) is 15.0 Å². The summed E-state index contributed by atoms with van der Waals surface area (Å²) in [4.78, 5) is 20.5. The van der Waals surface area contributed by atoms with Crippen LogP contribution in [0.1, 0.15) is 6.92 Å². The summed E-state index contributed by atoms with van der Waals surface area (Å²) in [7, 11) is 2.19. The molecule has 2 saturated heterocycles. The predicted octanol–water partition coefficient (Wildman–Crippen LogP) is 0.866. The lowest BCUT2D eigenvalue weighted by molar-refractivity contribution is -0.0369. The van der Waals surface area contributed by atoms with E-state index in [4.69, 9.17) is 4.74 Å². The zero-order chi connectivity index (χ0) is 17.2. The summed E-state index contributed by atoms with van der Waals surface area (Å²) in [6.45, 7) is 9.40. The third kappa shape index (κ3) is 3.73. The molecule has 2 atom stereocenters. The van der Waals surface area contributed by atoms with Gasteiger partial charge in [-0.3, -0.25) is 4.90 Å². The molecular weight excluding hydrogens is 316 g/mol. The molecule has 0 radical (unpaired) electrons. The number of hydrogen-bond donors (Lipinski definition) is 0. The first-order valence-corrected chi connectivity index (χ1v) is 9.06. The van der Waals surface area contributed by atoms with E-state index in [2.05, 4.69) is 43.6 Å². The van der Waals surface area contributed by atoms with Crippen LogP contribution in [0.5, 0.6) is 0 Å². The fraction of sp³-hybridized carbons (Fsp3) is 0.611. The summed E-state index contributed by atoms with van der Waals surface area (Å²) in [5, 5.41) is 0. The third-order valence-corrected chi connectivity index (χ3v) is 5.08. The molecule has 0 N–H and O–H groups in total. The average Bonchev–Trinajstić information content (AvgIpc) is 2.63. The number of fused-ring (bicyclic) bond motifs is 1. The van der Waals surface area contributed by atoms with E-state index in [0.717, 1.165) is 57.0 Å². The van der Waals surface area contributed by atoms with Crippen molar-refractivity contribution in [2.24, 2.45) is 0 Å². The number of likely N-dealkylation sites (N-methyl/N-ethyl adjacent to an activating group) is 1. The Morgan fingerprint density at radius 3 is 2.64 bits per heavy atom. The van der Waals surface area contributed by atoms with E-state index in [-0.39, 0.29) is 12.2 Å². The van der Waals surface area contributed by atoms with Crippen LogP contribution in [0.25, 0.3) is 11.2 Å². The minimum Gasteiger partial charge on any atom is -0.370 e. The molecule has 2 aromatic heterocycles. The van der Waals surface area contributed by atoms with Crippen LogP contribution in [0.2, 0.25) is 0 Å². The highest BCUT2D eigenvalue weighted by Crippen LogP contribution is 2.25. The van der Waals surface area contributed by atoms with E-state index in [1.54, 1.807) is 12.4 Å². The number of aromatic nitrogens is 3. The first kappa shape index (κ1) is 16.6. The van der Waals surface area contributed by atoms with E-state index < -0.39 is 0 Å². The smallest absolute Gasteiger partial charge is 0.180 e. The Balaban J connectivity index is 1.50. The maximum atomic E-state index is 6.23. The van der Waals surface area contributed by atoms with Gasteiger partial charge in [0.1, 0.15) is 5.52 Å². The minimum absolute atomic E-state index is 0.200. The van der Waals surface area contributed by atoms with Gasteiger partial charge in [0.15, 0.2) is 5.65 Å². The van der Waals surface area contributed by atoms with Crippen LogP contribution in [-0.2, 0) is 4.74 Å². The number of morpholine rings is 1. The normalized spacial score (nSPS) is 26.2. The largest absolute Gasteiger partial charge is 0.370 e. The lowest BCUT2D eigenvalue weighted by atomic mass is 10.1. The van der Waals surface area contributed by atoms with Crippen LogP contribution < -0.4 is 4.90 Å². The molecule has 2 fully saturated rings. The average molecular weight is 342 g/mol. The predicted molar refractivity (Wildman–Crippen MR) is 97.8 cm³/mol. The first-order chi connectivity index (χ1) is 12.2. The van der Waals surface area contributed by atoms with Gasteiger partial charge in [-0.2, -0.15) is 0 Å². The molecule has 0 aromatic carbocycles. The van der Waals surface area contributed by atoms with Crippen LogP contribution in [0.15, 0.2) is 24.7 Å². The molecule has 0 spiro atoms. The molecule has 7 heteroatoms. The summed E-state index contributed by atoms with van der Waals surface area (Å²) in [5.41, 5.74) is 2.68. The molecule has 4 heterocycles. The molecule has 134 valence electrons. The second-order valence-corrected chi connectivity index (χ2v) is 7.14. The zero-order valence-electron chi connectivity index (χ0n) is 15.0. The molecule has 7 nitrogen and oxygen atoms in total. The van der Waals surface area contributed by atoms with Crippen LogP contribution in [-0.4, -0.2) is 89.8 Å². The van der Waals surface area contributed by atoms with Crippen LogP contribution in [0, 0.1) is 0 Å². The van der Waals surface area contributed by atoms with Gasteiger partial charge < -0.3 is 14.5 Å². The fourth-order valence-electron chi connectivity index (χ4n) is 3.78. The highest BCUT2D eigenvalue weighted by Gasteiger charge is 2.29. The highest BCUT2D eigenvalue weighted by molar-refractivity contribution is 5.85. The maximum absolute atomic E-state index is 6.23. The second kappa shape index (κ2) is 7.19. The van der Waals surface area contributed by atoms with Crippen LogP contribution >= 0.6 is 0 Å². The van der Waals surface area contributed by atoms with Crippen molar-refractivity contribution in [1.82, 2.24) is 24.8 Å². The van der Waals surface area contributed by atoms with E-state index in [0.29, 0.717) is 5.65 Å². The Hall–Kier alpha value is -1.83. The number of rotatable bonds is 3. The van der Waals surface area contributed by atoms with Crippen molar-refractivity contribution < 1.29 is 4.74 Å². The Morgan fingerprint density at radius 2 is 1.80 bits per heavy atom. The van der Waals surface area contributed by atoms with Crippen molar-refractivity contribution in [2.45, 2.75) is 19.1 Å². The second-order valence-electron chi connectivity index (χ2n) is 7.14. The molecule has 25 heavy (non-hydrogen) atoms. The van der Waals surface area contributed by atoms with Gasteiger partial charge in [0, 0.05) is 64.4 Å². The lowest BCUT2D eigenvalue weighted by Gasteiger charge is -2.41. The Bertz CT molecular complexity index is 712. The number of pyridine rings is 1. The summed E-state index contributed by atoms with van der Waals surface area (Å²) < 4.78 is 6.23. The minimum atomic E-state index is 0.200. The van der Waals surface area contributed by atoms with E-state index in [9.17, 15) is 0 Å². The number of ether oxygens (including phenoxy) is 1. The van der Waals surface area contributed by atoms with Crippen LogP contribution in [0.3, 0.4) is 0 Å². The molecule has 0 unspecified atom stereocenters. The van der Waals surface area contributed by atoms with Gasteiger partial charge in [0.25, 0.3) is 0 Å². The molecule has 2 aromatic rings. The fourth-order valence-corrected chi connectivity index (χ4v) is 3.78. The standard InChI is InChI=1S/C18H26N6O/c1-14-11-24(16-3-4-20-18-17(16)19-5-6-21-18)13-15(25-14)12-23-9-7-22(2)8-10-23/h3-6,14-15H,7-13H2,1-2H3/t14-,15+/m1/s1. The van der Waals surface area contributed by atoms with Gasteiger partial charge in [0.05, 0.1) is 17.9 Å². The van der Waals surface area contributed by atoms with Crippen LogP contribution in [0.4, 0.5) is 5.69 Å². The molecule has 0 saturated carbocycles. The summed E-state index contributed by atoms with van der Waals surface area (Å²) >= 11 is 0. The molecule has 0 aliphatic carbocycles. The SMILES string of the molecule is C[C@@H]1CN(c2ccnc3nccnc23)C[C@H](CN2CCN(C)CC2)O1. The topological polar surface area (TPSA) is 57.6 Å². The monoisotopic (exact) mass is 342 g/mol. The van der Waals surface area contributed by atoms with Gasteiger partial charge in [-0.05, 0) is 20.0 Å². The molecule has 2 aliphatic heterocycles. The first-order valence-electron chi connectivity index (χ1n) is 9.06. The van der Waals surface area contributed by atoms with E-state index in [1.165, 1.54) is 0 Å². The molecule has 4 rings (SSSR count). The van der Waals surface area contributed by atoms with Crippen molar-refractivity contribution in [3.05, 3.63) is 24.7 Å². The van der Waals surface area contributed by atoms with E-state index in [1.807, 2.05) is 12.3 Å². The Labute approximate surface area is 148 Å². The molecular formula is C18H26N6O. The van der Waals surface area contributed by atoms with Gasteiger partial charge in [-0.1, -0.05) is 0 Å². The number of hydrogen-bond acceptors (Lipinski definition) is 7. The van der Waals surface area contributed by atoms with E-state index >= 15 is 0 Å². The summed E-state index contributed by atoms with van der Waals surface area (Å²) in [5.74, 6) is 0. The third-order valence-electron chi connectivity index (χ3n) is 5.08. The lowest BCUT2D eigenvalue weighted by Crippen LogP contribution is -2.53. The van der Waals surface area contributed by atoms with Crippen molar-refractivity contribution >= 4 is 16.9 Å². The molecule has 2 aliphatic rings. The van der Waals surface area contributed by atoms with Gasteiger partial charge in [-0.15, -0.1) is 0 Å². The quantitative estimate of drug-likeness (QED) is 0.820. The Morgan fingerprint density at radius 1 is 1.04 bits per heavy atom.